The minimum atomic E-state index is -0.381. The van der Waals surface area contributed by atoms with Crippen molar-refractivity contribution in [1.29, 1.82) is 0 Å². The second kappa shape index (κ2) is 7.31. The van der Waals surface area contributed by atoms with E-state index < -0.39 is 0 Å². The Balaban J connectivity index is 1.69. The number of nitrogens with zero attached hydrogens (tertiary/aromatic N) is 1. The van der Waals surface area contributed by atoms with Crippen molar-refractivity contribution in [1.82, 2.24) is 10.2 Å². The largest absolute Gasteiger partial charge is 0.461 e. The normalized spacial score (nSPS) is 10.7. The van der Waals surface area contributed by atoms with E-state index in [1.807, 2.05) is 36.6 Å². The summed E-state index contributed by atoms with van der Waals surface area (Å²) < 4.78 is 5.31. The van der Waals surface area contributed by atoms with Crippen molar-refractivity contribution in [3.63, 3.8) is 0 Å². The van der Waals surface area contributed by atoms with Gasteiger partial charge in [0.1, 0.15) is 6.61 Å². The molecular formula is C18H16N2O3S. The lowest BCUT2D eigenvalue weighted by Gasteiger charge is -2.07. The fraction of sp³-hybridized carbons (Fsp3) is 0.167. The first-order valence-electron chi connectivity index (χ1n) is 7.42. The summed E-state index contributed by atoms with van der Waals surface area (Å²) in [5.41, 5.74) is 1.17. The van der Waals surface area contributed by atoms with Crippen LogP contribution in [0.15, 0.2) is 58.2 Å². The first-order chi connectivity index (χ1) is 11.7. The van der Waals surface area contributed by atoms with Crippen LogP contribution in [0.3, 0.4) is 0 Å². The van der Waals surface area contributed by atoms with Crippen molar-refractivity contribution in [2.45, 2.75) is 17.9 Å². The molecule has 0 amide bonds. The van der Waals surface area contributed by atoms with Gasteiger partial charge in [0.25, 0.3) is 5.56 Å². The third-order valence-electron chi connectivity index (χ3n) is 3.65. The lowest BCUT2D eigenvalue weighted by molar-refractivity contribution is -0.144. The van der Waals surface area contributed by atoms with E-state index in [1.54, 1.807) is 30.0 Å². The molecule has 0 radical (unpaired) electrons. The summed E-state index contributed by atoms with van der Waals surface area (Å²) >= 11 is 1.66. The monoisotopic (exact) mass is 340 g/mol. The van der Waals surface area contributed by atoms with Crippen molar-refractivity contribution in [3.8, 4) is 0 Å². The van der Waals surface area contributed by atoms with Crippen LogP contribution >= 0.6 is 11.8 Å². The lowest BCUT2D eigenvalue weighted by Crippen LogP contribution is -2.15. The number of aromatic nitrogens is 2. The van der Waals surface area contributed by atoms with Crippen LogP contribution in [0.1, 0.15) is 11.3 Å². The van der Waals surface area contributed by atoms with Gasteiger partial charge >= 0.3 is 5.97 Å². The molecule has 5 nitrogen and oxygen atoms in total. The van der Waals surface area contributed by atoms with Gasteiger partial charge in [-0.15, -0.1) is 11.8 Å². The van der Waals surface area contributed by atoms with E-state index in [4.69, 9.17) is 4.74 Å². The first kappa shape index (κ1) is 16.3. The molecule has 1 N–H and O–H groups in total. The van der Waals surface area contributed by atoms with Gasteiger partial charge in [-0.25, -0.2) is 5.10 Å². The Bertz CT molecular complexity index is 919. The lowest BCUT2D eigenvalue weighted by atomic mass is 10.1. The zero-order valence-electron chi connectivity index (χ0n) is 13.1. The maximum atomic E-state index is 12.1. The van der Waals surface area contributed by atoms with Gasteiger partial charge in [0.15, 0.2) is 0 Å². The fourth-order valence-electron chi connectivity index (χ4n) is 2.38. The number of hydrogen-bond acceptors (Lipinski definition) is 5. The molecule has 0 bridgehead atoms. The van der Waals surface area contributed by atoms with E-state index in [-0.39, 0.29) is 24.6 Å². The number of fused-ring (bicyclic) bond motifs is 1. The van der Waals surface area contributed by atoms with Gasteiger partial charge in [-0.1, -0.05) is 30.3 Å². The quantitative estimate of drug-likeness (QED) is 0.571. The highest BCUT2D eigenvalue weighted by molar-refractivity contribution is 7.98. The van der Waals surface area contributed by atoms with Crippen molar-refractivity contribution >= 4 is 28.5 Å². The summed E-state index contributed by atoms with van der Waals surface area (Å²) in [7, 11) is 0. The smallest absolute Gasteiger partial charge is 0.312 e. The van der Waals surface area contributed by atoms with Gasteiger partial charge in [0, 0.05) is 10.3 Å². The standard InChI is InChI=1S/C18H16N2O3S/c1-24-13-8-6-12(7-9-13)11-23-17(21)10-16-14-4-2-3-5-15(14)18(22)20-19-16/h2-9H,10-11H2,1H3,(H,20,22). The SMILES string of the molecule is CSc1ccc(COC(=O)Cc2n[nH]c(=O)c3ccccc23)cc1. The van der Waals surface area contributed by atoms with E-state index in [2.05, 4.69) is 10.2 Å². The van der Waals surface area contributed by atoms with Crippen LogP contribution in [0.25, 0.3) is 10.8 Å². The number of hydrogen-bond donors (Lipinski definition) is 1. The number of nitrogens with one attached hydrogen (secondary N) is 1. The van der Waals surface area contributed by atoms with E-state index in [0.29, 0.717) is 16.5 Å². The third-order valence-corrected chi connectivity index (χ3v) is 4.39. The molecule has 0 atom stereocenters. The number of ether oxygens (including phenoxy) is 1. The Hall–Kier alpha value is -2.60. The van der Waals surface area contributed by atoms with Crippen molar-refractivity contribution < 1.29 is 9.53 Å². The van der Waals surface area contributed by atoms with Crippen LogP contribution in [0.2, 0.25) is 0 Å². The van der Waals surface area contributed by atoms with Crippen molar-refractivity contribution in [2.24, 2.45) is 0 Å². The van der Waals surface area contributed by atoms with E-state index in [9.17, 15) is 9.59 Å². The van der Waals surface area contributed by atoms with Crippen LogP contribution in [0.4, 0.5) is 0 Å². The second-order valence-electron chi connectivity index (χ2n) is 5.23. The number of aromatic amines is 1. The van der Waals surface area contributed by atoms with Gasteiger partial charge < -0.3 is 4.74 Å². The average Bonchev–Trinajstić information content (AvgIpc) is 2.63. The molecule has 0 saturated carbocycles. The van der Waals surface area contributed by atoms with Crippen LogP contribution in [-0.2, 0) is 22.6 Å². The van der Waals surface area contributed by atoms with Crippen LogP contribution in [-0.4, -0.2) is 22.4 Å². The molecule has 6 heteroatoms. The predicted molar refractivity (Wildman–Crippen MR) is 94.1 cm³/mol. The van der Waals surface area contributed by atoms with Gasteiger partial charge in [0.2, 0.25) is 0 Å². The molecule has 0 spiro atoms. The molecule has 0 fully saturated rings. The van der Waals surface area contributed by atoms with Crippen molar-refractivity contribution in [3.05, 3.63) is 70.1 Å². The number of carbonyl (C=O) groups is 1. The molecule has 1 heterocycles. The highest BCUT2D eigenvalue weighted by Gasteiger charge is 2.11. The van der Waals surface area contributed by atoms with Gasteiger partial charge in [-0.3, -0.25) is 9.59 Å². The molecule has 0 aliphatic rings. The number of benzene rings is 2. The minimum absolute atomic E-state index is 0.0141. The van der Waals surface area contributed by atoms with Crippen LogP contribution < -0.4 is 5.56 Å². The Morgan fingerprint density at radius 1 is 1.12 bits per heavy atom. The zero-order chi connectivity index (χ0) is 16.9. The summed E-state index contributed by atoms with van der Waals surface area (Å²) in [6.07, 6.45) is 2.02. The summed E-state index contributed by atoms with van der Waals surface area (Å²) in [6.45, 7) is 0.217. The van der Waals surface area contributed by atoms with E-state index in [0.717, 1.165) is 10.5 Å². The van der Waals surface area contributed by atoms with Gasteiger partial charge in [-0.05, 0) is 30.0 Å². The predicted octanol–water partition coefficient (Wildman–Crippen LogP) is 2.93. The minimum Gasteiger partial charge on any atom is -0.461 e. The van der Waals surface area contributed by atoms with Crippen molar-refractivity contribution in [2.75, 3.05) is 6.26 Å². The fourth-order valence-corrected chi connectivity index (χ4v) is 2.79. The van der Waals surface area contributed by atoms with Crippen LogP contribution in [0.5, 0.6) is 0 Å². The molecule has 0 aliphatic heterocycles. The molecular weight excluding hydrogens is 324 g/mol. The molecule has 3 rings (SSSR count). The summed E-state index contributed by atoms with van der Waals surface area (Å²) in [4.78, 5) is 25.0. The summed E-state index contributed by atoms with van der Waals surface area (Å²) in [5, 5.41) is 7.59. The molecule has 1 aromatic heterocycles. The maximum Gasteiger partial charge on any atom is 0.312 e. The molecule has 0 unspecified atom stereocenters. The Morgan fingerprint density at radius 2 is 1.83 bits per heavy atom. The molecule has 3 aromatic rings. The number of thioether (sulfide) groups is 1. The van der Waals surface area contributed by atoms with Gasteiger partial charge in [-0.2, -0.15) is 5.10 Å². The number of carbonyl (C=O) groups excluding carboxylic acids is 1. The molecule has 0 saturated heterocycles. The van der Waals surface area contributed by atoms with Crippen LogP contribution in [0, 0.1) is 0 Å². The molecule has 24 heavy (non-hydrogen) atoms. The average molecular weight is 340 g/mol. The molecule has 122 valence electrons. The highest BCUT2D eigenvalue weighted by Crippen LogP contribution is 2.16. The summed E-state index contributed by atoms with van der Waals surface area (Å²) in [6, 6.07) is 14.9. The Morgan fingerprint density at radius 3 is 2.54 bits per heavy atom. The first-order valence-corrected chi connectivity index (χ1v) is 8.64. The zero-order valence-corrected chi connectivity index (χ0v) is 13.9. The van der Waals surface area contributed by atoms with Gasteiger partial charge in [0.05, 0.1) is 17.5 Å². The number of esters is 1. The molecule has 0 aliphatic carbocycles. The van der Waals surface area contributed by atoms with E-state index in [1.165, 1.54) is 0 Å². The number of rotatable bonds is 5. The third kappa shape index (κ3) is 3.65. The number of H-pyrrole nitrogens is 1. The highest BCUT2D eigenvalue weighted by atomic mass is 32.2. The van der Waals surface area contributed by atoms with E-state index >= 15 is 0 Å². The topological polar surface area (TPSA) is 72.0 Å². The Labute approximate surface area is 143 Å². The summed E-state index contributed by atoms with van der Waals surface area (Å²) in [5.74, 6) is -0.381. The molecule has 2 aromatic carbocycles. The Kier molecular flexibility index (Phi) is 4.96. The second-order valence-corrected chi connectivity index (χ2v) is 6.11. The maximum absolute atomic E-state index is 12.1.